The lowest BCUT2D eigenvalue weighted by molar-refractivity contribution is -0.142. The van der Waals surface area contributed by atoms with Crippen LogP contribution in [0.2, 0.25) is 0 Å². The first-order chi connectivity index (χ1) is 12.1. The van der Waals surface area contributed by atoms with Gasteiger partial charge in [-0.25, -0.2) is 0 Å². The maximum Gasteiger partial charge on any atom is 0.306 e. The summed E-state index contributed by atoms with van der Waals surface area (Å²) in [4.78, 5) is 13.7. The van der Waals surface area contributed by atoms with Gasteiger partial charge in [-0.15, -0.1) is 0 Å². The predicted octanol–water partition coefficient (Wildman–Crippen LogP) is 3.69. The van der Waals surface area contributed by atoms with Gasteiger partial charge in [-0.1, -0.05) is 37.3 Å². The summed E-state index contributed by atoms with van der Waals surface area (Å²) in [5, 5.41) is 12.9. The second-order valence-electron chi connectivity index (χ2n) is 7.94. The van der Waals surface area contributed by atoms with Crippen LogP contribution in [-0.2, 0) is 4.79 Å². The van der Waals surface area contributed by atoms with E-state index in [1.165, 1.54) is 31.5 Å². The second-order valence-corrected chi connectivity index (χ2v) is 7.94. The van der Waals surface area contributed by atoms with Crippen LogP contribution in [0.4, 0.5) is 0 Å². The first-order valence-corrected chi connectivity index (χ1v) is 9.88. The van der Waals surface area contributed by atoms with E-state index in [2.05, 4.69) is 47.5 Å². The number of hydrogen-bond donors (Lipinski definition) is 2. The molecule has 1 aliphatic carbocycles. The van der Waals surface area contributed by atoms with Crippen LogP contribution in [-0.4, -0.2) is 41.7 Å². The Balaban J connectivity index is 1.58. The fourth-order valence-electron chi connectivity index (χ4n) is 4.30. The van der Waals surface area contributed by atoms with Crippen LogP contribution < -0.4 is 5.32 Å². The zero-order valence-electron chi connectivity index (χ0n) is 15.4. The highest BCUT2D eigenvalue weighted by Gasteiger charge is 2.28. The molecule has 0 radical (unpaired) electrons. The van der Waals surface area contributed by atoms with E-state index in [1.54, 1.807) is 0 Å². The Bertz CT molecular complexity index is 532. The first-order valence-electron chi connectivity index (χ1n) is 9.88. The van der Waals surface area contributed by atoms with E-state index in [4.69, 9.17) is 5.11 Å². The highest BCUT2D eigenvalue weighted by atomic mass is 16.4. The van der Waals surface area contributed by atoms with Crippen LogP contribution in [0, 0.1) is 11.8 Å². The number of carboxylic acid groups (broad SMARTS) is 1. The van der Waals surface area contributed by atoms with Crippen molar-refractivity contribution >= 4 is 5.97 Å². The molecule has 1 atom stereocenters. The molecule has 4 heteroatoms. The number of rotatable bonds is 6. The monoisotopic (exact) mass is 344 g/mol. The van der Waals surface area contributed by atoms with Gasteiger partial charge in [-0.05, 0) is 63.1 Å². The van der Waals surface area contributed by atoms with Crippen LogP contribution in [0.3, 0.4) is 0 Å². The highest BCUT2D eigenvalue weighted by Crippen LogP contribution is 2.28. The number of aliphatic carboxylic acids is 1. The maximum atomic E-state index is 11.1. The number of carboxylic acids is 1. The fourth-order valence-corrected chi connectivity index (χ4v) is 4.30. The number of likely N-dealkylation sites (tertiary alicyclic amines) is 1. The van der Waals surface area contributed by atoms with Crippen molar-refractivity contribution in [2.75, 3.05) is 19.6 Å². The molecule has 3 rings (SSSR count). The first kappa shape index (κ1) is 18.4. The van der Waals surface area contributed by atoms with E-state index >= 15 is 0 Å². The number of piperidine rings is 1. The second kappa shape index (κ2) is 8.81. The third-order valence-electron chi connectivity index (χ3n) is 6.12. The van der Waals surface area contributed by atoms with Crippen LogP contribution in [0.25, 0.3) is 0 Å². The lowest BCUT2D eigenvalue weighted by atomic mass is 9.86. The van der Waals surface area contributed by atoms with Gasteiger partial charge in [-0.2, -0.15) is 0 Å². The van der Waals surface area contributed by atoms with E-state index in [-0.39, 0.29) is 5.92 Å². The normalized spacial score (nSPS) is 27.1. The average Bonchev–Trinajstić information content (AvgIpc) is 2.64. The molecule has 4 nitrogen and oxygen atoms in total. The standard InChI is InChI=1S/C21H32N2O2/c1-16-11-13-23(14-12-16)20(17-5-3-2-4-6-17)15-22-19-9-7-18(8-10-19)21(24)25/h2-6,16,18-20,22H,7-15H2,1H3,(H,24,25). The molecule has 138 valence electrons. The number of nitrogens with one attached hydrogen (secondary N) is 1. The SMILES string of the molecule is CC1CCN(C(CNC2CCC(C(=O)O)CC2)c2ccccc2)CC1. The molecule has 2 fully saturated rings. The van der Waals surface area contributed by atoms with E-state index in [0.29, 0.717) is 12.1 Å². The summed E-state index contributed by atoms with van der Waals surface area (Å²) in [6.07, 6.45) is 6.15. The minimum Gasteiger partial charge on any atom is -0.481 e. The number of nitrogens with zero attached hydrogens (tertiary/aromatic N) is 1. The predicted molar refractivity (Wildman–Crippen MR) is 101 cm³/mol. The number of carbonyl (C=O) groups is 1. The average molecular weight is 344 g/mol. The minimum atomic E-state index is -0.622. The molecule has 1 saturated carbocycles. The zero-order chi connectivity index (χ0) is 17.6. The van der Waals surface area contributed by atoms with E-state index in [1.807, 2.05) is 0 Å². The molecule has 1 heterocycles. The lowest BCUT2D eigenvalue weighted by Gasteiger charge is -2.38. The quantitative estimate of drug-likeness (QED) is 0.826. The summed E-state index contributed by atoms with van der Waals surface area (Å²) in [6, 6.07) is 11.7. The van der Waals surface area contributed by atoms with Crippen molar-refractivity contribution in [1.82, 2.24) is 10.2 Å². The minimum absolute atomic E-state index is 0.133. The number of benzene rings is 1. The largest absolute Gasteiger partial charge is 0.481 e. The molecule has 1 saturated heterocycles. The Morgan fingerprint density at radius 3 is 2.36 bits per heavy atom. The molecule has 1 aromatic rings. The van der Waals surface area contributed by atoms with Crippen LogP contribution in [0.1, 0.15) is 57.1 Å². The summed E-state index contributed by atoms with van der Waals surface area (Å²) >= 11 is 0. The third kappa shape index (κ3) is 5.05. The fraction of sp³-hybridized carbons (Fsp3) is 0.667. The van der Waals surface area contributed by atoms with Crippen molar-refractivity contribution in [3.63, 3.8) is 0 Å². The summed E-state index contributed by atoms with van der Waals surface area (Å²) in [5.74, 6) is 0.0848. The van der Waals surface area contributed by atoms with Crippen molar-refractivity contribution in [3.8, 4) is 0 Å². The molecule has 1 unspecified atom stereocenters. The van der Waals surface area contributed by atoms with Crippen LogP contribution in [0.5, 0.6) is 0 Å². The Labute approximate surface area is 151 Å². The van der Waals surface area contributed by atoms with Gasteiger partial charge in [0.05, 0.1) is 5.92 Å². The molecular weight excluding hydrogens is 312 g/mol. The summed E-state index contributed by atoms with van der Waals surface area (Å²) in [6.45, 7) is 5.66. The Morgan fingerprint density at radius 1 is 1.12 bits per heavy atom. The smallest absolute Gasteiger partial charge is 0.306 e. The Morgan fingerprint density at radius 2 is 1.76 bits per heavy atom. The van der Waals surface area contributed by atoms with Gasteiger partial charge >= 0.3 is 5.97 Å². The summed E-state index contributed by atoms with van der Waals surface area (Å²) in [5.41, 5.74) is 1.39. The van der Waals surface area contributed by atoms with E-state index in [0.717, 1.165) is 38.1 Å². The van der Waals surface area contributed by atoms with Crippen molar-refractivity contribution < 1.29 is 9.90 Å². The van der Waals surface area contributed by atoms with Gasteiger partial charge in [0, 0.05) is 18.6 Å². The van der Waals surface area contributed by atoms with Gasteiger partial charge in [0.25, 0.3) is 0 Å². The molecule has 1 aromatic carbocycles. The Hall–Kier alpha value is -1.39. The van der Waals surface area contributed by atoms with Crippen molar-refractivity contribution in [3.05, 3.63) is 35.9 Å². The lowest BCUT2D eigenvalue weighted by Crippen LogP contribution is -2.44. The van der Waals surface area contributed by atoms with Gasteiger partial charge in [0.1, 0.15) is 0 Å². The molecule has 1 aliphatic heterocycles. The third-order valence-corrected chi connectivity index (χ3v) is 6.12. The molecular formula is C21H32N2O2. The molecule has 0 bridgehead atoms. The molecule has 2 aliphatic rings. The zero-order valence-corrected chi connectivity index (χ0v) is 15.4. The molecule has 0 spiro atoms. The van der Waals surface area contributed by atoms with Crippen LogP contribution in [0.15, 0.2) is 30.3 Å². The van der Waals surface area contributed by atoms with Gasteiger partial charge < -0.3 is 10.4 Å². The molecule has 0 amide bonds. The molecule has 0 aromatic heterocycles. The molecule has 25 heavy (non-hydrogen) atoms. The van der Waals surface area contributed by atoms with Gasteiger partial charge in [0.2, 0.25) is 0 Å². The van der Waals surface area contributed by atoms with Crippen LogP contribution >= 0.6 is 0 Å². The van der Waals surface area contributed by atoms with Gasteiger partial charge in [-0.3, -0.25) is 9.69 Å². The summed E-state index contributed by atoms with van der Waals surface area (Å²) in [7, 11) is 0. The van der Waals surface area contributed by atoms with Crippen molar-refractivity contribution in [2.45, 2.75) is 57.5 Å². The van der Waals surface area contributed by atoms with Crippen molar-refractivity contribution in [1.29, 1.82) is 0 Å². The van der Waals surface area contributed by atoms with E-state index in [9.17, 15) is 4.79 Å². The maximum absolute atomic E-state index is 11.1. The molecule has 2 N–H and O–H groups in total. The number of hydrogen-bond acceptors (Lipinski definition) is 3. The van der Waals surface area contributed by atoms with Crippen molar-refractivity contribution in [2.24, 2.45) is 11.8 Å². The summed E-state index contributed by atoms with van der Waals surface area (Å²) < 4.78 is 0. The van der Waals surface area contributed by atoms with Gasteiger partial charge in [0.15, 0.2) is 0 Å². The topological polar surface area (TPSA) is 52.6 Å². The highest BCUT2D eigenvalue weighted by molar-refractivity contribution is 5.70. The van der Waals surface area contributed by atoms with E-state index < -0.39 is 5.97 Å². The Kier molecular flexibility index (Phi) is 6.49.